The molecule has 0 aliphatic carbocycles. The molecule has 1 aliphatic rings. The number of nitrogens with one attached hydrogen (secondary N) is 2. The van der Waals surface area contributed by atoms with E-state index in [-0.39, 0.29) is 0 Å². The Kier molecular flexibility index (Phi) is 1.34. The number of urea groups is 1. The maximum atomic E-state index is 10.4. The molecule has 2 amide bonds. The van der Waals surface area contributed by atoms with Gasteiger partial charge in [0.15, 0.2) is 5.12 Å². The molecule has 0 aromatic carbocycles. The number of halogens is 1. The second-order valence-corrected chi connectivity index (χ2v) is 2.33. The van der Waals surface area contributed by atoms with Crippen molar-refractivity contribution in [3.63, 3.8) is 0 Å². The number of amides is 2. The molecule has 50 valence electrons. The Bertz CT molecular complexity index is 165. The van der Waals surface area contributed by atoms with Crippen LogP contribution in [-0.2, 0) is 0 Å². The molecule has 0 saturated carbocycles. The van der Waals surface area contributed by atoms with Gasteiger partial charge in [-0.05, 0) is 6.08 Å². The topological polar surface area (TPSA) is 67.1 Å². The highest BCUT2D eigenvalue weighted by Crippen LogP contribution is 2.05. The van der Waals surface area contributed by atoms with E-state index < -0.39 is 11.2 Å². The molecule has 0 spiro atoms. The third kappa shape index (κ3) is 1.58. The van der Waals surface area contributed by atoms with E-state index in [2.05, 4.69) is 10.6 Å². The summed E-state index contributed by atoms with van der Waals surface area (Å²) in [7, 11) is 0. The Morgan fingerprint density at radius 3 is 2.78 bits per heavy atom. The molecule has 1 unspecified atom stereocenters. The molecule has 1 rings (SSSR count). The molecule has 5 heteroatoms. The Morgan fingerprint density at radius 2 is 2.44 bits per heavy atom. The molecule has 9 heavy (non-hydrogen) atoms. The van der Waals surface area contributed by atoms with Gasteiger partial charge in [0.05, 0.1) is 0 Å². The van der Waals surface area contributed by atoms with E-state index >= 15 is 0 Å². The standard InChI is InChI=1S/C4H6ClN3O/c5-4(6)1-2-7-3(9)8-4/h1-2H,6H2,(H2,7,8,9). The van der Waals surface area contributed by atoms with Gasteiger partial charge in [-0.25, -0.2) is 4.79 Å². The van der Waals surface area contributed by atoms with Gasteiger partial charge >= 0.3 is 6.03 Å². The first kappa shape index (κ1) is 6.38. The van der Waals surface area contributed by atoms with Crippen LogP contribution in [0.2, 0.25) is 0 Å². The summed E-state index contributed by atoms with van der Waals surface area (Å²) in [6.45, 7) is 0. The van der Waals surface area contributed by atoms with Crippen LogP contribution < -0.4 is 16.4 Å². The minimum absolute atomic E-state index is 0.394. The molecular weight excluding hydrogens is 142 g/mol. The van der Waals surface area contributed by atoms with Gasteiger partial charge in [-0.3, -0.25) is 5.73 Å². The average molecular weight is 148 g/mol. The largest absolute Gasteiger partial charge is 0.321 e. The summed E-state index contributed by atoms with van der Waals surface area (Å²) in [6.07, 6.45) is 2.84. The molecule has 4 nitrogen and oxygen atoms in total. The third-order valence-electron chi connectivity index (χ3n) is 0.845. The maximum absolute atomic E-state index is 10.4. The van der Waals surface area contributed by atoms with Crippen molar-refractivity contribution in [2.75, 3.05) is 0 Å². The van der Waals surface area contributed by atoms with Gasteiger partial charge in [-0.15, -0.1) is 0 Å². The number of hydrogen-bond donors (Lipinski definition) is 3. The van der Waals surface area contributed by atoms with Crippen LogP contribution in [0.25, 0.3) is 0 Å². The normalized spacial score (nSPS) is 33.3. The zero-order chi connectivity index (χ0) is 6.91. The summed E-state index contributed by atoms with van der Waals surface area (Å²) < 4.78 is 0. The number of alkyl halides is 1. The number of carbonyl (C=O) groups is 1. The first-order valence-corrected chi connectivity index (χ1v) is 2.72. The molecule has 0 radical (unpaired) electrons. The average Bonchev–Trinajstić information content (AvgIpc) is 1.60. The van der Waals surface area contributed by atoms with Crippen LogP contribution in [0.15, 0.2) is 12.3 Å². The van der Waals surface area contributed by atoms with Crippen LogP contribution in [0, 0.1) is 0 Å². The lowest BCUT2D eigenvalue weighted by atomic mass is 10.4. The highest BCUT2D eigenvalue weighted by Gasteiger charge is 2.22. The van der Waals surface area contributed by atoms with Gasteiger partial charge in [0, 0.05) is 6.20 Å². The van der Waals surface area contributed by atoms with Gasteiger partial charge < -0.3 is 10.6 Å². The van der Waals surface area contributed by atoms with Gasteiger partial charge in [-0.2, -0.15) is 0 Å². The molecule has 1 atom stereocenters. The third-order valence-corrected chi connectivity index (χ3v) is 1.07. The lowest BCUT2D eigenvalue weighted by molar-refractivity contribution is 0.239. The highest BCUT2D eigenvalue weighted by molar-refractivity contribution is 6.25. The van der Waals surface area contributed by atoms with E-state index in [9.17, 15) is 4.79 Å². The summed E-state index contributed by atoms with van der Waals surface area (Å²) in [4.78, 5) is 10.4. The highest BCUT2D eigenvalue weighted by atomic mass is 35.5. The van der Waals surface area contributed by atoms with Crippen molar-refractivity contribution >= 4 is 17.6 Å². The zero-order valence-corrected chi connectivity index (χ0v) is 5.27. The van der Waals surface area contributed by atoms with Gasteiger partial charge in [0.25, 0.3) is 0 Å². The van der Waals surface area contributed by atoms with E-state index in [4.69, 9.17) is 17.3 Å². The maximum Gasteiger partial charge on any atom is 0.321 e. The van der Waals surface area contributed by atoms with Gasteiger partial charge in [0.1, 0.15) is 0 Å². The number of hydrogen-bond acceptors (Lipinski definition) is 2. The monoisotopic (exact) mass is 147 g/mol. The minimum Gasteiger partial charge on any atom is -0.315 e. The van der Waals surface area contributed by atoms with E-state index in [0.29, 0.717) is 0 Å². The van der Waals surface area contributed by atoms with E-state index in [1.165, 1.54) is 12.3 Å². The molecule has 1 aliphatic heterocycles. The molecule has 0 bridgehead atoms. The summed E-state index contributed by atoms with van der Waals surface area (Å²) in [5.74, 6) is 0. The molecule has 0 fully saturated rings. The Hall–Kier alpha value is -0.740. The zero-order valence-electron chi connectivity index (χ0n) is 4.52. The van der Waals surface area contributed by atoms with Crippen LogP contribution >= 0.6 is 11.6 Å². The van der Waals surface area contributed by atoms with Crippen LogP contribution in [0.1, 0.15) is 0 Å². The SMILES string of the molecule is NC1(Cl)C=CNC(=O)N1. The first-order valence-electron chi connectivity index (χ1n) is 2.34. The molecule has 4 N–H and O–H groups in total. The quantitative estimate of drug-likeness (QED) is 0.324. The molecule has 1 heterocycles. The summed E-state index contributed by atoms with van der Waals surface area (Å²) in [5, 5.41) is 3.38. The molecular formula is C4H6ClN3O. The fraction of sp³-hybridized carbons (Fsp3) is 0.250. The van der Waals surface area contributed by atoms with E-state index in [0.717, 1.165) is 0 Å². The van der Waals surface area contributed by atoms with E-state index in [1.54, 1.807) is 0 Å². The molecule has 0 aromatic rings. The van der Waals surface area contributed by atoms with Crippen molar-refractivity contribution in [2.45, 2.75) is 5.12 Å². The number of nitrogens with two attached hydrogens (primary N) is 1. The second kappa shape index (κ2) is 1.89. The minimum atomic E-state index is -1.22. The Balaban J connectivity index is 2.71. The summed E-state index contributed by atoms with van der Waals surface area (Å²) in [5.41, 5.74) is 5.27. The predicted molar refractivity (Wildman–Crippen MR) is 33.6 cm³/mol. The Morgan fingerprint density at radius 1 is 1.78 bits per heavy atom. The first-order chi connectivity index (χ1) is 4.10. The van der Waals surface area contributed by atoms with Gasteiger partial charge in [-0.1, -0.05) is 11.6 Å². The fourth-order valence-electron chi connectivity index (χ4n) is 0.490. The van der Waals surface area contributed by atoms with Crippen molar-refractivity contribution in [1.82, 2.24) is 10.6 Å². The van der Waals surface area contributed by atoms with Crippen molar-refractivity contribution < 1.29 is 4.79 Å². The van der Waals surface area contributed by atoms with Crippen LogP contribution in [0.5, 0.6) is 0 Å². The van der Waals surface area contributed by atoms with Crippen molar-refractivity contribution in [2.24, 2.45) is 5.73 Å². The van der Waals surface area contributed by atoms with Crippen molar-refractivity contribution in [3.8, 4) is 0 Å². The van der Waals surface area contributed by atoms with Crippen LogP contribution in [0.4, 0.5) is 4.79 Å². The smallest absolute Gasteiger partial charge is 0.315 e. The van der Waals surface area contributed by atoms with Gasteiger partial charge in [0.2, 0.25) is 0 Å². The van der Waals surface area contributed by atoms with Crippen molar-refractivity contribution in [3.05, 3.63) is 12.3 Å². The van der Waals surface area contributed by atoms with Crippen LogP contribution in [-0.4, -0.2) is 11.2 Å². The lowest BCUT2D eigenvalue weighted by Crippen LogP contribution is -2.55. The lowest BCUT2D eigenvalue weighted by Gasteiger charge is -2.22. The summed E-state index contributed by atoms with van der Waals surface area (Å²) in [6, 6.07) is -0.394. The predicted octanol–water partition coefficient (Wildman–Crippen LogP) is -0.336. The van der Waals surface area contributed by atoms with Crippen LogP contribution in [0.3, 0.4) is 0 Å². The van der Waals surface area contributed by atoms with E-state index in [1.807, 2.05) is 0 Å². The number of carbonyl (C=O) groups excluding carboxylic acids is 1. The Labute approximate surface area is 57.0 Å². The molecule has 0 saturated heterocycles. The van der Waals surface area contributed by atoms with Crippen molar-refractivity contribution in [1.29, 1.82) is 0 Å². The molecule has 0 aromatic heterocycles. The number of rotatable bonds is 0. The fourth-order valence-corrected chi connectivity index (χ4v) is 0.639. The second-order valence-electron chi connectivity index (χ2n) is 1.70. The summed E-state index contributed by atoms with van der Waals surface area (Å²) >= 11 is 5.49.